The summed E-state index contributed by atoms with van der Waals surface area (Å²) in [5, 5.41) is 0.385. The van der Waals surface area contributed by atoms with Crippen molar-refractivity contribution in [3.8, 4) is 0 Å². The van der Waals surface area contributed by atoms with Crippen LogP contribution >= 0.6 is 11.6 Å². The van der Waals surface area contributed by atoms with Gasteiger partial charge in [0.2, 0.25) is 0 Å². The third-order valence-corrected chi connectivity index (χ3v) is 1.65. The SMILES string of the molecule is O=S(=O)(O)Nc1ccc(Cl)cn1. The van der Waals surface area contributed by atoms with Crippen molar-refractivity contribution in [2.24, 2.45) is 0 Å². The smallest absolute Gasteiger partial charge is 0.269 e. The summed E-state index contributed by atoms with van der Waals surface area (Å²) in [6, 6.07) is 2.78. The van der Waals surface area contributed by atoms with E-state index >= 15 is 0 Å². The molecule has 0 aliphatic heterocycles. The third-order valence-electron chi connectivity index (χ3n) is 0.961. The summed E-state index contributed by atoms with van der Waals surface area (Å²) < 4.78 is 30.6. The minimum atomic E-state index is -4.25. The number of nitrogens with one attached hydrogen (secondary N) is 1. The van der Waals surface area contributed by atoms with Crippen LogP contribution in [0.15, 0.2) is 18.3 Å². The van der Waals surface area contributed by atoms with Crippen LogP contribution in [-0.4, -0.2) is 18.0 Å². The molecule has 0 atom stereocenters. The van der Waals surface area contributed by atoms with Crippen LogP contribution in [0.2, 0.25) is 5.02 Å². The molecule has 5 nitrogen and oxygen atoms in total. The first-order chi connectivity index (χ1) is 5.47. The van der Waals surface area contributed by atoms with E-state index in [-0.39, 0.29) is 5.82 Å². The monoisotopic (exact) mass is 208 g/mol. The molecular weight excluding hydrogens is 204 g/mol. The van der Waals surface area contributed by atoms with Gasteiger partial charge < -0.3 is 0 Å². The maximum Gasteiger partial charge on any atom is 0.358 e. The second-order valence-electron chi connectivity index (χ2n) is 1.94. The molecule has 0 radical (unpaired) electrons. The van der Waals surface area contributed by atoms with Crippen molar-refractivity contribution in [2.75, 3.05) is 4.72 Å². The van der Waals surface area contributed by atoms with E-state index in [1.807, 2.05) is 0 Å². The Hall–Kier alpha value is -0.850. The normalized spacial score (nSPS) is 11.2. The zero-order chi connectivity index (χ0) is 9.19. The van der Waals surface area contributed by atoms with Crippen LogP contribution < -0.4 is 4.72 Å². The van der Waals surface area contributed by atoms with Gasteiger partial charge in [-0.1, -0.05) is 11.6 Å². The lowest BCUT2D eigenvalue weighted by atomic mass is 10.5. The van der Waals surface area contributed by atoms with Crippen LogP contribution in [0.5, 0.6) is 0 Å². The average molecular weight is 209 g/mol. The molecule has 0 saturated heterocycles. The molecule has 0 fully saturated rings. The average Bonchev–Trinajstić information content (AvgIpc) is 1.91. The van der Waals surface area contributed by atoms with Gasteiger partial charge in [0.05, 0.1) is 5.02 Å². The van der Waals surface area contributed by atoms with Gasteiger partial charge in [-0.05, 0) is 12.1 Å². The molecule has 66 valence electrons. The number of nitrogens with zero attached hydrogens (tertiary/aromatic N) is 1. The van der Waals surface area contributed by atoms with Gasteiger partial charge in [0.25, 0.3) is 0 Å². The fraction of sp³-hybridized carbons (Fsp3) is 0. The minimum absolute atomic E-state index is 0.0156. The van der Waals surface area contributed by atoms with Crippen LogP contribution in [0, 0.1) is 0 Å². The topological polar surface area (TPSA) is 79.3 Å². The molecule has 0 bridgehead atoms. The summed E-state index contributed by atoms with van der Waals surface area (Å²) in [5.74, 6) is 0.0156. The Kier molecular flexibility index (Phi) is 2.51. The van der Waals surface area contributed by atoms with E-state index in [2.05, 4.69) is 4.98 Å². The molecule has 0 aliphatic rings. The van der Waals surface area contributed by atoms with Crippen molar-refractivity contribution in [3.05, 3.63) is 23.4 Å². The molecule has 0 aliphatic carbocycles. The highest BCUT2D eigenvalue weighted by atomic mass is 35.5. The molecule has 1 aromatic rings. The Morgan fingerprint density at radius 1 is 1.50 bits per heavy atom. The Bertz CT molecular complexity index is 361. The Balaban J connectivity index is 2.85. The standard InChI is InChI=1S/C5H5ClN2O3S/c6-4-1-2-5(7-3-4)8-12(9,10)11/h1-3H,(H,7,8)(H,9,10,11). The maximum atomic E-state index is 10.3. The van der Waals surface area contributed by atoms with E-state index in [1.165, 1.54) is 18.3 Å². The van der Waals surface area contributed by atoms with Crippen LogP contribution in [0.25, 0.3) is 0 Å². The van der Waals surface area contributed by atoms with Gasteiger partial charge in [0.15, 0.2) is 0 Å². The van der Waals surface area contributed by atoms with Crippen molar-refractivity contribution in [1.82, 2.24) is 4.98 Å². The van der Waals surface area contributed by atoms with E-state index in [0.29, 0.717) is 5.02 Å². The first-order valence-electron chi connectivity index (χ1n) is 2.84. The molecule has 12 heavy (non-hydrogen) atoms. The largest absolute Gasteiger partial charge is 0.358 e. The zero-order valence-electron chi connectivity index (χ0n) is 5.73. The van der Waals surface area contributed by atoms with E-state index in [9.17, 15) is 8.42 Å². The summed E-state index contributed by atoms with van der Waals surface area (Å²) in [5.41, 5.74) is 0. The predicted octanol–water partition coefficient (Wildman–Crippen LogP) is 0.950. The van der Waals surface area contributed by atoms with Crippen LogP contribution in [0.1, 0.15) is 0 Å². The molecule has 0 amide bonds. The third kappa shape index (κ3) is 3.04. The maximum absolute atomic E-state index is 10.3. The fourth-order valence-corrected chi connectivity index (χ4v) is 1.07. The van der Waals surface area contributed by atoms with E-state index in [0.717, 1.165) is 0 Å². The highest BCUT2D eigenvalue weighted by Gasteiger charge is 2.03. The molecular formula is C5H5ClN2O3S. The van der Waals surface area contributed by atoms with Crippen molar-refractivity contribution in [2.45, 2.75) is 0 Å². The Labute approximate surface area is 74.3 Å². The molecule has 7 heteroatoms. The second-order valence-corrected chi connectivity index (χ2v) is 3.53. The highest BCUT2D eigenvalue weighted by molar-refractivity contribution is 7.87. The van der Waals surface area contributed by atoms with E-state index in [1.54, 1.807) is 4.72 Å². The molecule has 0 spiro atoms. The molecule has 2 N–H and O–H groups in total. The number of halogens is 1. The lowest BCUT2D eigenvalue weighted by molar-refractivity contribution is 0.489. The van der Waals surface area contributed by atoms with Crippen molar-refractivity contribution in [3.63, 3.8) is 0 Å². The molecule has 1 rings (SSSR count). The Morgan fingerprint density at radius 2 is 2.17 bits per heavy atom. The summed E-state index contributed by atoms with van der Waals surface area (Å²) in [4.78, 5) is 3.58. The summed E-state index contributed by atoms with van der Waals surface area (Å²) in [7, 11) is -4.25. The lowest BCUT2D eigenvalue weighted by Crippen LogP contribution is -2.11. The summed E-state index contributed by atoms with van der Waals surface area (Å²) >= 11 is 5.48. The first-order valence-corrected chi connectivity index (χ1v) is 4.66. The van der Waals surface area contributed by atoms with Gasteiger partial charge in [0.1, 0.15) is 5.82 Å². The van der Waals surface area contributed by atoms with E-state index in [4.69, 9.17) is 16.2 Å². The second kappa shape index (κ2) is 3.26. The van der Waals surface area contributed by atoms with Gasteiger partial charge in [-0.25, -0.2) is 9.71 Å². The molecule has 0 unspecified atom stereocenters. The predicted molar refractivity (Wildman–Crippen MR) is 44.4 cm³/mol. The minimum Gasteiger partial charge on any atom is -0.269 e. The van der Waals surface area contributed by atoms with Crippen LogP contribution in [0.4, 0.5) is 5.82 Å². The zero-order valence-corrected chi connectivity index (χ0v) is 7.30. The number of hydrogen-bond donors (Lipinski definition) is 2. The highest BCUT2D eigenvalue weighted by Crippen LogP contribution is 2.09. The number of aromatic nitrogens is 1. The van der Waals surface area contributed by atoms with Gasteiger partial charge in [-0.15, -0.1) is 0 Å². The van der Waals surface area contributed by atoms with Crippen molar-refractivity contribution >= 4 is 27.7 Å². The van der Waals surface area contributed by atoms with Gasteiger partial charge in [0, 0.05) is 6.20 Å². The van der Waals surface area contributed by atoms with Gasteiger partial charge >= 0.3 is 10.3 Å². The molecule has 0 aromatic carbocycles. The van der Waals surface area contributed by atoms with E-state index < -0.39 is 10.3 Å². The number of hydrogen-bond acceptors (Lipinski definition) is 3. The van der Waals surface area contributed by atoms with Gasteiger partial charge in [-0.2, -0.15) is 8.42 Å². The Morgan fingerprint density at radius 3 is 2.58 bits per heavy atom. The number of rotatable bonds is 2. The number of anilines is 1. The van der Waals surface area contributed by atoms with Crippen LogP contribution in [-0.2, 0) is 10.3 Å². The number of pyridine rings is 1. The summed E-state index contributed by atoms with van der Waals surface area (Å²) in [6.07, 6.45) is 1.26. The van der Waals surface area contributed by atoms with Crippen molar-refractivity contribution in [1.29, 1.82) is 0 Å². The quantitative estimate of drug-likeness (QED) is 0.710. The summed E-state index contributed by atoms with van der Waals surface area (Å²) in [6.45, 7) is 0. The fourth-order valence-electron chi connectivity index (χ4n) is 0.568. The first kappa shape index (κ1) is 9.24. The van der Waals surface area contributed by atoms with Crippen LogP contribution in [0.3, 0.4) is 0 Å². The lowest BCUT2D eigenvalue weighted by Gasteiger charge is -1.99. The molecule has 1 heterocycles. The van der Waals surface area contributed by atoms with Gasteiger partial charge in [-0.3, -0.25) is 4.55 Å². The molecule has 1 aromatic heterocycles. The molecule has 0 saturated carbocycles. The van der Waals surface area contributed by atoms with Crippen molar-refractivity contribution < 1.29 is 13.0 Å².